The summed E-state index contributed by atoms with van der Waals surface area (Å²) in [6.07, 6.45) is 28.2. The van der Waals surface area contributed by atoms with Crippen LogP contribution in [0.25, 0.3) is 34.4 Å². The maximum Gasteiger partial charge on any atom is 0.0531 e. The SMILES string of the molecule is CC1CC=CC2=C1Cc1ccccc1N2c1ccc2c(c1)C1(CCCC1)c1cc(C=Cc3ccc4c(c3)C(C)(C)c3cc(N5c6ccccc6CC6C=CC=CC5C6)ccc3-4)ccc1-2. The zero-order valence-electron chi connectivity index (χ0n) is 37.4. The number of anilines is 4. The Bertz CT molecular complexity index is 3090. The Kier molecular flexibility index (Phi) is 8.52. The van der Waals surface area contributed by atoms with E-state index >= 15 is 0 Å². The first-order valence-electron chi connectivity index (χ1n) is 24.1. The Morgan fingerprint density at radius 1 is 0.609 bits per heavy atom. The number of benzene rings is 6. The first-order chi connectivity index (χ1) is 31.3. The standard InChI is InChI=1S/C62H56N2/c1-40-13-12-20-60-53(40)37-45-16-6-9-19-59(45)64(60)48-26-30-52-51-28-24-42(36-56(51)62(57(52)39-48)31-10-11-32-62)22-21-41-23-27-49-50-29-25-47(38-55(50)61(2,3)54(49)35-41)63-46-17-7-4-14-43(34-46)33-44-15-5-8-18-58(44)63/h4-9,12,14-30,35-36,38-40,43,46H,10-11,13,31-34,37H2,1-3H3. The fourth-order valence-electron chi connectivity index (χ4n) is 13.2. The molecule has 13 rings (SSSR count). The zero-order valence-corrected chi connectivity index (χ0v) is 37.4. The van der Waals surface area contributed by atoms with E-state index < -0.39 is 0 Å². The normalized spacial score (nSPS) is 22.5. The van der Waals surface area contributed by atoms with Crippen LogP contribution >= 0.6 is 0 Å². The number of nitrogens with zero attached hydrogens (tertiary/aromatic N) is 2. The van der Waals surface area contributed by atoms with Crippen LogP contribution in [0.4, 0.5) is 22.7 Å². The molecule has 64 heavy (non-hydrogen) atoms. The van der Waals surface area contributed by atoms with Crippen molar-refractivity contribution in [3.8, 4) is 22.3 Å². The molecule has 2 nitrogen and oxygen atoms in total. The van der Waals surface area contributed by atoms with E-state index in [4.69, 9.17) is 0 Å². The molecule has 0 saturated heterocycles. The van der Waals surface area contributed by atoms with Crippen LogP contribution < -0.4 is 9.80 Å². The summed E-state index contributed by atoms with van der Waals surface area (Å²) in [5, 5.41) is 0. The van der Waals surface area contributed by atoms with Gasteiger partial charge in [0.05, 0.1) is 6.04 Å². The molecule has 5 aliphatic carbocycles. The van der Waals surface area contributed by atoms with Crippen LogP contribution in [0.2, 0.25) is 0 Å². The largest absolute Gasteiger partial charge is 0.334 e. The van der Waals surface area contributed by atoms with Crippen molar-refractivity contribution in [2.45, 2.75) is 89.0 Å². The minimum Gasteiger partial charge on any atom is -0.334 e. The predicted molar refractivity (Wildman–Crippen MR) is 269 cm³/mol. The molecule has 6 aromatic rings. The molecule has 0 N–H and O–H groups in total. The molecule has 3 atom stereocenters. The van der Waals surface area contributed by atoms with Crippen molar-refractivity contribution >= 4 is 34.9 Å². The first kappa shape index (κ1) is 38.1. The van der Waals surface area contributed by atoms with Crippen molar-refractivity contribution in [3.63, 3.8) is 0 Å². The lowest BCUT2D eigenvalue weighted by Gasteiger charge is -2.38. The smallest absolute Gasteiger partial charge is 0.0531 e. The van der Waals surface area contributed by atoms with Gasteiger partial charge in [-0.2, -0.15) is 0 Å². The lowest BCUT2D eigenvalue weighted by atomic mass is 9.76. The van der Waals surface area contributed by atoms with Gasteiger partial charge in [0.1, 0.15) is 0 Å². The highest BCUT2D eigenvalue weighted by Gasteiger charge is 2.46. The van der Waals surface area contributed by atoms with Gasteiger partial charge in [-0.25, -0.2) is 0 Å². The second-order valence-corrected chi connectivity index (χ2v) is 20.4. The van der Waals surface area contributed by atoms with Gasteiger partial charge in [-0.05, 0) is 165 Å². The van der Waals surface area contributed by atoms with Crippen molar-refractivity contribution in [1.82, 2.24) is 0 Å². The zero-order chi connectivity index (χ0) is 42.7. The molecule has 1 spiro atoms. The molecule has 2 heterocycles. The molecule has 0 radical (unpaired) electrons. The van der Waals surface area contributed by atoms with E-state index in [2.05, 4.69) is 201 Å². The van der Waals surface area contributed by atoms with Crippen LogP contribution in [0.5, 0.6) is 0 Å². The molecule has 0 amide bonds. The van der Waals surface area contributed by atoms with E-state index in [9.17, 15) is 0 Å². The van der Waals surface area contributed by atoms with Gasteiger partial charge in [0.25, 0.3) is 0 Å². The third-order valence-electron chi connectivity index (χ3n) is 16.5. The number of hydrogen-bond acceptors (Lipinski definition) is 2. The van der Waals surface area contributed by atoms with E-state index in [-0.39, 0.29) is 10.8 Å². The molecule has 6 aromatic carbocycles. The maximum absolute atomic E-state index is 2.62. The summed E-state index contributed by atoms with van der Waals surface area (Å²) in [5.74, 6) is 1.11. The average Bonchev–Trinajstić information content (AvgIpc) is 3.86. The summed E-state index contributed by atoms with van der Waals surface area (Å²) in [4.78, 5) is 5.19. The number of rotatable bonds is 4. The Morgan fingerprint density at radius 3 is 2.00 bits per heavy atom. The number of hydrogen-bond donors (Lipinski definition) is 0. The van der Waals surface area contributed by atoms with Crippen molar-refractivity contribution in [2.24, 2.45) is 11.8 Å². The molecule has 2 heteroatoms. The number of para-hydroxylation sites is 2. The van der Waals surface area contributed by atoms with Gasteiger partial charge in [-0.15, -0.1) is 0 Å². The minimum absolute atomic E-state index is 0.0649. The fourth-order valence-corrected chi connectivity index (χ4v) is 13.2. The predicted octanol–water partition coefficient (Wildman–Crippen LogP) is 15.7. The maximum atomic E-state index is 2.62. The third-order valence-corrected chi connectivity index (χ3v) is 16.5. The fraction of sp³-hybridized carbons (Fsp3) is 0.258. The van der Waals surface area contributed by atoms with E-state index in [0.29, 0.717) is 17.9 Å². The summed E-state index contributed by atoms with van der Waals surface area (Å²) < 4.78 is 0. The molecule has 1 saturated carbocycles. The summed E-state index contributed by atoms with van der Waals surface area (Å²) in [7, 11) is 0. The Hall–Kier alpha value is -6.38. The summed E-state index contributed by atoms with van der Waals surface area (Å²) in [5.41, 5.74) is 25.1. The van der Waals surface area contributed by atoms with Crippen molar-refractivity contribution in [2.75, 3.05) is 9.80 Å². The van der Waals surface area contributed by atoms with Gasteiger partial charge in [0.15, 0.2) is 0 Å². The monoisotopic (exact) mass is 828 g/mol. The highest BCUT2D eigenvalue weighted by molar-refractivity contribution is 5.89. The highest BCUT2D eigenvalue weighted by atomic mass is 15.2. The van der Waals surface area contributed by atoms with Crippen LogP contribution in [0, 0.1) is 11.8 Å². The Morgan fingerprint density at radius 2 is 1.22 bits per heavy atom. The van der Waals surface area contributed by atoms with Gasteiger partial charge >= 0.3 is 0 Å². The Balaban J connectivity index is 0.816. The number of allylic oxidation sites excluding steroid dienone is 6. The van der Waals surface area contributed by atoms with E-state index in [1.54, 1.807) is 5.57 Å². The average molecular weight is 829 g/mol. The molecule has 1 fully saturated rings. The minimum atomic E-state index is -0.119. The molecular weight excluding hydrogens is 773 g/mol. The van der Waals surface area contributed by atoms with Crippen LogP contribution in [-0.4, -0.2) is 6.04 Å². The van der Waals surface area contributed by atoms with Crippen LogP contribution in [0.3, 0.4) is 0 Å². The molecule has 7 aliphatic rings. The van der Waals surface area contributed by atoms with Crippen LogP contribution in [0.1, 0.15) is 104 Å². The second-order valence-electron chi connectivity index (χ2n) is 20.4. The molecule has 2 bridgehead atoms. The van der Waals surface area contributed by atoms with Crippen LogP contribution in [-0.2, 0) is 23.7 Å². The highest BCUT2D eigenvalue weighted by Crippen LogP contribution is 2.59. The summed E-state index contributed by atoms with van der Waals surface area (Å²) in [6.45, 7) is 7.25. The van der Waals surface area contributed by atoms with Gasteiger partial charge in [0.2, 0.25) is 0 Å². The molecule has 3 unspecified atom stereocenters. The quantitative estimate of drug-likeness (QED) is 0.163. The van der Waals surface area contributed by atoms with Gasteiger partial charge in [-0.1, -0.05) is 161 Å². The van der Waals surface area contributed by atoms with Gasteiger partial charge < -0.3 is 9.80 Å². The van der Waals surface area contributed by atoms with Crippen molar-refractivity contribution in [3.05, 3.63) is 214 Å². The second kappa shape index (κ2) is 14.3. The number of fused-ring (bicyclic) bond motifs is 12. The summed E-state index contributed by atoms with van der Waals surface area (Å²) >= 11 is 0. The molecule has 2 aliphatic heterocycles. The lowest BCUT2D eigenvalue weighted by molar-refractivity contribution is 0.550. The van der Waals surface area contributed by atoms with Crippen molar-refractivity contribution in [1.29, 1.82) is 0 Å². The van der Waals surface area contributed by atoms with E-state index in [1.165, 1.54) is 121 Å². The third kappa shape index (κ3) is 5.70. The topological polar surface area (TPSA) is 6.48 Å². The molecular formula is C62H56N2. The van der Waals surface area contributed by atoms with Crippen molar-refractivity contribution < 1.29 is 0 Å². The van der Waals surface area contributed by atoms with E-state index in [1.807, 2.05) is 0 Å². The molecule has 314 valence electrons. The summed E-state index contributed by atoms with van der Waals surface area (Å²) in [6, 6.07) is 47.7. The van der Waals surface area contributed by atoms with Gasteiger partial charge in [-0.3, -0.25) is 0 Å². The van der Waals surface area contributed by atoms with E-state index in [0.717, 1.165) is 25.7 Å². The van der Waals surface area contributed by atoms with Gasteiger partial charge in [0, 0.05) is 39.3 Å². The Labute approximate surface area is 379 Å². The van der Waals surface area contributed by atoms with Crippen LogP contribution in [0.15, 0.2) is 169 Å². The first-order valence-corrected chi connectivity index (χ1v) is 24.1. The molecule has 0 aromatic heterocycles. The lowest BCUT2D eigenvalue weighted by Crippen LogP contribution is -2.30.